The molecular formula is C29H30Cl2N2O3. The average molecular weight is 525 g/mol. The molecule has 7 heteroatoms. The summed E-state index contributed by atoms with van der Waals surface area (Å²) >= 11 is 12.1. The molecule has 0 atom stereocenters. The van der Waals surface area contributed by atoms with E-state index >= 15 is 0 Å². The molecule has 3 aromatic rings. The van der Waals surface area contributed by atoms with Gasteiger partial charge < -0.3 is 14.5 Å². The molecule has 0 saturated carbocycles. The minimum Gasteiger partial charge on any atom is -0.493 e. The van der Waals surface area contributed by atoms with Crippen molar-refractivity contribution >= 4 is 35.0 Å². The second-order valence-corrected chi connectivity index (χ2v) is 10.3. The second kappa shape index (κ2) is 11.8. The standard InChI is InChI=1S/C29H30Cl2N2O3/c1-32(20-22-6-3-2-4-7-22)27(34)19-29(21-36-26-12-10-24(30)11-13-26)14-16-33(17-15-29)28(35)23-8-5-9-25(31)18-23/h2-13,18H,14-17,19-21H2,1H3. The normalized spacial score (nSPS) is 14.8. The summed E-state index contributed by atoms with van der Waals surface area (Å²) in [6.07, 6.45) is 1.68. The van der Waals surface area contributed by atoms with Crippen LogP contribution in [0.2, 0.25) is 10.0 Å². The van der Waals surface area contributed by atoms with E-state index in [0.29, 0.717) is 66.9 Å². The highest BCUT2D eigenvalue weighted by atomic mass is 35.5. The number of piperidine rings is 1. The second-order valence-electron chi connectivity index (χ2n) is 9.46. The van der Waals surface area contributed by atoms with Crippen molar-refractivity contribution in [2.24, 2.45) is 5.41 Å². The molecule has 0 aliphatic carbocycles. The number of carbonyl (C=O) groups is 2. The number of ether oxygens (including phenoxy) is 1. The Kier molecular flexibility index (Phi) is 8.55. The quantitative estimate of drug-likeness (QED) is 0.345. The van der Waals surface area contributed by atoms with E-state index in [2.05, 4.69) is 0 Å². The highest BCUT2D eigenvalue weighted by Crippen LogP contribution is 2.37. The summed E-state index contributed by atoms with van der Waals surface area (Å²) < 4.78 is 6.15. The van der Waals surface area contributed by atoms with Gasteiger partial charge in [-0.15, -0.1) is 0 Å². The lowest BCUT2D eigenvalue weighted by atomic mass is 9.75. The molecule has 0 spiro atoms. The fraction of sp³-hybridized carbons (Fsp3) is 0.310. The van der Waals surface area contributed by atoms with Gasteiger partial charge in [-0.3, -0.25) is 9.59 Å². The summed E-state index contributed by atoms with van der Waals surface area (Å²) in [6.45, 7) is 2.03. The van der Waals surface area contributed by atoms with E-state index in [1.54, 1.807) is 41.3 Å². The van der Waals surface area contributed by atoms with E-state index in [1.807, 2.05) is 54.4 Å². The number of halogens is 2. The first-order valence-electron chi connectivity index (χ1n) is 12.0. The average Bonchev–Trinajstić information content (AvgIpc) is 2.89. The predicted molar refractivity (Wildman–Crippen MR) is 144 cm³/mol. The van der Waals surface area contributed by atoms with Crippen LogP contribution in [0.3, 0.4) is 0 Å². The van der Waals surface area contributed by atoms with Gasteiger partial charge in [-0.2, -0.15) is 0 Å². The van der Waals surface area contributed by atoms with Crippen molar-refractivity contribution in [3.8, 4) is 5.75 Å². The Morgan fingerprint density at radius 1 is 0.917 bits per heavy atom. The molecule has 0 unspecified atom stereocenters. The maximum Gasteiger partial charge on any atom is 0.253 e. The van der Waals surface area contributed by atoms with Crippen molar-refractivity contribution in [3.63, 3.8) is 0 Å². The molecule has 0 aromatic heterocycles. The lowest BCUT2D eigenvalue weighted by molar-refractivity contribution is -0.134. The lowest BCUT2D eigenvalue weighted by Gasteiger charge is -2.42. The van der Waals surface area contributed by atoms with Crippen LogP contribution >= 0.6 is 23.2 Å². The van der Waals surface area contributed by atoms with Crippen LogP contribution in [0.1, 0.15) is 35.2 Å². The monoisotopic (exact) mass is 524 g/mol. The van der Waals surface area contributed by atoms with E-state index in [9.17, 15) is 9.59 Å². The zero-order valence-corrected chi connectivity index (χ0v) is 21.8. The fourth-order valence-corrected chi connectivity index (χ4v) is 4.85. The Hall–Kier alpha value is -3.02. The third-order valence-electron chi connectivity index (χ3n) is 6.76. The highest BCUT2D eigenvalue weighted by Gasteiger charge is 2.39. The number of likely N-dealkylation sites (tertiary alicyclic amines) is 1. The maximum absolute atomic E-state index is 13.3. The first-order chi connectivity index (χ1) is 17.3. The van der Waals surface area contributed by atoms with E-state index < -0.39 is 0 Å². The topological polar surface area (TPSA) is 49.9 Å². The summed E-state index contributed by atoms with van der Waals surface area (Å²) in [5.41, 5.74) is 1.28. The summed E-state index contributed by atoms with van der Waals surface area (Å²) in [5, 5.41) is 1.18. The number of amides is 2. The molecule has 4 rings (SSSR count). The first kappa shape index (κ1) is 26.1. The van der Waals surface area contributed by atoms with Gasteiger partial charge in [-0.25, -0.2) is 0 Å². The molecular weight excluding hydrogens is 495 g/mol. The zero-order valence-electron chi connectivity index (χ0n) is 20.3. The molecule has 188 valence electrons. The molecule has 3 aromatic carbocycles. The first-order valence-corrected chi connectivity index (χ1v) is 12.8. The van der Waals surface area contributed by atoms with Crippen LogP contribution in [0.15, 0.2) is 78.9 Å². The fourth-order valence-electron chi connectivity index (χ4n) is 4.53. The van der Waals surface area contributed by atoms with Gasteiger partial charge >= 0.3 is 0 Å². The van der Waals surface area contributed by atoms with Crippen LogP contribution < -0.4 is 4.74 Å². The molecule has 0 N–H and O–H groups in total. The third-order valence-corrected chi connectivity index (χ3v) is 7.24. The molecule has 1 fully saturated rings. The van der Waals surface area contributed by atoms with Crippen molar-refractivity contribution in [3.05, 3.63) is 100 Å². The molecule has 2 amide bonds. The van der Waals surface area contributed by atoms with Crippen molar-refractivity contribution in [2.45, 2.75) is 25.8 Å². The van der Waals surface area contributed by atoms with Gasteiger partial charge in [0.2, 0.25) is 5.91 Å². The maximum atomic E-state index is 13.3. The van der Waals surface area contributed by atoms with E-state index in [-0.39, 0.29) is 17.2 Å². The van der Waals surface area contributed by atoms with Crippen molar-refractivity contribution in [1.82, 2.24) is 9.80 Å². The van der Waals surface area contributed by atoms with Gasteiger partial charge in [-0.05, 0) is 60.9 Å². The molecule has 0 radical (unpaired) electrons. The van der Waals surface area contributed by atoms with Gasteiger partial charge in [0.1, 0.15) is 5.75 Å². The Labute approximate surface area is 222 Å². The number of hydrogen-bond donors (Lipinski definition) is 0. The third kappa shape index (κ3) is 6.80. The number of rotatable bonds is 8. The summed E-state index contributed by atoms with van der Waals surface area (Å²) in [7, 11) is 1.83. The molecule has 0 bridgehead atoms. The minimum absolute atomic E-state index is 0.0442. The Morgan fingerprint density at radius 2 is 1.61 bits per heavy atom. The van der Waals surface area contributed by atoms with Gasteiger partial charge in [-0.1, -0.05) is 59.6 Å². The Morgan fingerprint density at radius 3 is 2.28 bits per heavy atom. The molecule has 36 heavy (non-hydrogen) atoms. The Balaban J connectivity index is 1.45. The zero-order chi connectivity index (χ0) is 25.5. The summed E-state index contributed by atoms with van der Waals surface area (Å²) in [4.78, 5) is 30.0. The number of carbonyl (C=O) groups excluding carboxylic acids is 2. The van der Waals surface area contributed by atoms with Crippen LogP contribution in [0, 0.1) is 5.41 Å². The van der Waals surface area contributed by atoms with Crippen LogP contribution in [0.4, 0.5) is 0 Å². The highest BCUT2D eigenvalue weighted by molar-refractivity contribution is 6.31. The smallest absolute Gasteiger partial charge is 0.253 e. The molecule has 5 nitrogen and oxygen atoms in total. The van der Waals surface area contributed by atoms with Crippen LogP contribution in [-0.2, 0) is 11.3 Å². The van der Waals surface area contributed by atoms with Crippen LogP contribution in [0.25, 0.3) is 0 Å². The summed E-state index contributed by atoms with van der Waals surface area (Å²) in [5.74, 6) is 0.728. The van der Waals surface area contributed by atoms with Crippen molar-refractivity contribution in [2.75, 3.05) is 26.7 Å². The van der Waals surface area contributed by atoms with Crippen molar-refractivity contribution in [1.29, 1.82) is 0 Å². The van der Waals surface area contributed by atoms with E-state index in [4.69, 9.17) is 27.9 Å². The lowest BCUT2D eigenvalue weighted by Crippen LogP contribution is -2.47. The molecule has 1 saturated heterocycles. The van der Waals surface area contributed by atoms with Crippen LogP contribution in [0.5, 0.6) is 5.75 Å². The SMILES string of the molecule is CN(Cc1ccccc1)C(=O)CC1(COc2ccc(Cl)cc2)CCN(C(=O)c2cccc(Cl)c2)CC1. The number of benzene rings is 3. The molecule has 1 aliphatic heterocycles. The molecule has 1 aliphatic rings. The van der Waals surface area contributed by atoms with Gasteiger partial charge in [0.15, 0.2) is 0 Å². The van der Waals surface area contributed by atoms with E-state index in [0.717, 1.165) is 5.56 Å². The van der Waals surface area contributed by atoms with Gasteiger partial charge in [0.05, 0.1) is 6.61 Å². The Bertz CT molecular complexity index is 1180. The minimum atomic E-state index is -0.382. The number of hydrogen-bond acceptors (Lipinski definition) is 3. The van der Waals surface area contributed by atoms with Crippen molar-refractivity contribution < 1.29 is 14.3 Å². The predicted octanol–water partition coefficient (Wildman–Crippen LogP) is 6.34. The number of nitrogens with zero attached hydrogens (tertiary/aromatic N) is 2. The van der Waals surface area contributed by atoms with E-state index in [1.165, 1.54) is 0 Å². The van der Waals surface area contributed by atoms with Gasteiger partial charge in [0, 0.05) is 54.1 Å². The molecule has 1 heterocycles. The van der Waals surface area contributed by atoms with Gasteiger partial charge in [0.25, 0.3) is 5.91 Å². The summed E-state index contributed by atoms with van der Waals surface area (Å²) in [6, 6.07) is 24.2. The largest absolute Gasteiger partial charge is 0.493 e. The van der Waals surface area contributed by atoms with Crippen LogP contribution in [-0.4, -0.2) is 48.4 Å².